The topological polar surface area (TPSA) is 52.6 Å². The van der Waals surface area contributed by atoms with Crippen molar-refractivity contribution in [2.75, 3.05) is 13.1 Å². The minimum absolute atomic E-state index is 0.0196. The van der Waals surface area contributed by atoms with Crippen molar-refractivity contribution in [3.8, 4) is 0 Å². The molecule has 0 spiro atoms. The Bertz CT molecular complexity index is 238. The van der Waals surface area contributed by atoms with Crippen LogP contribution in [0.15, 0.2) is 0 Å². The summed E-state index contributed by atoms with van der Waals surface area (Å²) in [6, 6.07) is 0.250. The van der Waals surface area contributed by atoms with Gasteiger partial charge in [0, 0.05) is 18.1 Å². The lowest BCUT2D eigenvalue weighted by Crippen LogP contribution is -2.49. The summed E-state index contributed by atoms with van der Waals surface area (Å²) < 4.78 is 0. The average Bonchev–Trinajstić information content (AvgIpc) is 2.15. The van der Waals surface area contributed by atoms with E-state index in [9.17, 15) is 9.90 Å². The van der Waals surface area contributed by atoms with Gasteiger partial charge in [0.25, 0.3) is 0 Å². The molecule has 0 aromatic heterocycles. The van der Waals surface area contributed by atoms with Gasteiger partial charge in [-0.05, 0) is 41.0 Å². The molecule has 0 saturated carbocycles. The Morgan fingerprint density at radius 2 is 1.88 bits per heavy atom. The van der Waals surface area contributed by atoms with E-state index in [-0.39, 0.29) is 17.5 Å². The Morgan fingerprint density at radius 3 is 2.24 bits per heavy atom. The van der Waals surface area contributed by atoms with Gasteiger partial charge in [-0.25, -0.2) is 0 Å². The lowest BCUT2D eigenvalue weighted by atomic mass is 10.0. The molecule has 0 aromatic carbocycles. The third-order valence-electron chi connectivity index (χ3n) is 2.94. The number of carbonyl (C=O) groups excluding carboxylic acids is 1. The standard InChI is InChI=1S/C13H28N2O2/c1-7-13(5,6)14-12(17)9-15(10(2)3)8-11(4)16/h10-11,16H,7-9H2,1-6H3,(H,14,17). The van der Waals surface area contributed by atoms with Crippen molar-refractivity contribution in [1.82, 2.24) is 10.2 Å². The predicted octanol–water partition coefficient (Wildman–Crippen LogP) is 1.38. The van der Waals surface area contributed by atoms with Crippen LogP contribution in [-0.4, -0.2) is 46.7 Å². The van der Waals surface area contributed by atoms with Crippen molar-refractivity contribution in [3.63, 3.8) is 0 Å². The number of hydrogen-bond acceptors (Lipinski definition) is 3. The van der Waals surface area contributed by atoms with E-state index in [1.54, 1.807) is 6.92 Å². The molecule has 0 aromatic rings. The fourth-order valence-electron chi connectivity index (χ4n) is 1.49. The average molecular weight is 244 g/mol. The molecule has 1 unspecified atom stereocenters. The first-order valence-electron chi connectivity index (χ1n) is 6.41. The summed E-state index contributed by atoms with van der Waals surface area (Å²) in [5, 5.41) is 12.4. The van der Waals surface area contributed by atoms with Crippen LogP contribution in [0, 0.1) is 0 Å². The van der Waals surface area contributed by atoms with Gasteiger partial charge in [-0.2, -0.15) is 0 Å². The summed E-state index contributed by atoms with van der Waals surface area (Å²) in [6.07, 6.45) is 0.487. The number of aliphatic hydroxyl groups is 1. The number of hydrogen-bond donors (Lipinski definition) is 2. The second kappa shape index (κ2) is 6.97. The quantitative estimate of drug-likeness (QED) is 0.711. The summed E-state index contributed by atoms with van der Waals surface area (Å²) in [5.74, 6) is 0.0196. The molecule has 0 rings (SSSR count). The van der Waals surface area contributed by atoms with E-state index in [1.807, 2.05) is 32.6 Å². The van der Waals surface area contributed by atoms with E-state index < -0.39 is 6.10 Å². The van der Waals surface area contributed by atoms with E-state index in [1.165, 1.54) is 0 Å². The van der Waals surface area contributed by atoms with E-state index in [4.69, 9.17) is 0 Å². The number of nitrogens with zero attached hydrogens (tertiary/aromatic N) is 1. The molecular weight excluding hydrogens is 216 g/mol. The molecule has 4 heteroatoms. The highest BCUT2D eigenvalue weighted by Crippen LogP contribution is 2.07. The molecule has 0 aliphatic rings. The van der Waals surface area contributed by atoms with Gasteiger partial charge in [0.2, 0.25) is 5.91 Å². The van der Waals surface area contributed by atoms with Crippen LogP contribution in [0.1, 0.15) is 48.0 Å². The maximum absolute atomic E-state index is 11.9. The van der Waals surface area contributed by atoms with E-state index in [0.717, 1.165) is 6.42 Å². The largest absolute Gasteiger partial charge is 0.392 e. The Morgan fingerprint density at radius 1 is 1.35 bits per heavy atom. The van der Waals surface area contributed by atoms with Gasteiger partial charge < -0.3 is 10.4 Å². The second-order valence-corrected chi connectivity index (χ2v) is 5.66. The maximum Gasteiger partial charge on any atom is 0.234 e. The second-order valence-electron chi connectivity index (χ2n) is 5.66. The Balaban J connectivity index is 4.31. The maximum atomic E-state index is 11.9. The van der Waals surface area contributed by atoms with Gasteiger partial charge in [0.15, 0.2) is 0 Å². The highest BCUT2D eigenvalue weighted by Gasteiger charge is 2.21. The zero-order chi connectivity index (χ0) is 13.6. The number of nitrogens with one attached hydrogen (secondary N) is 1. The number of amides is 1. The van der Waals surface area contributed by atoms with Crippen LogP contribution < -0.4 is 5.32 Å². The first-order chi connectivity index (χ1) is 7.68. The molecule has 2 N–H and O–H groups in total. The SMILES string of the molecule is CCC(C)(C)NC(=O)CN(CC(C)O)C(C)C. The monoisotopic (exact) mass is 244 g/mol. The Hall–Kier alpha value is -0.610. The van der Waals surface area contributed by atoms with Gasteiger partial charge in [-0.15, -0.1) is 0 Å². The number of carbonyl (C=O) groups is 1. The van der Waals surface area contributed by atoms with Crippen LogP contribution in [0.3, 0.4) is 0 Å². The van der Waals surface area contributed by atoms with Crippen LogP contribution in [0.25, 0.3) is 0 Å². The van der Waals surface area contributed by atoms with Gasteiger partial charge in [-0.3, -0.25) is 9.69 Å². The molecule has 1 amide bonds. The van der Waals surface area contributed by atoms with Crippen LogP contribution in [0.5, 0.6) is 0 Å². The molecule has 0 aliphatic heterocycles. The minimum atomic E-state index is -0.413. The molecule has 0 aliphatic carbocycles. The molecule has 0 fully saturated rings. The van der Waals surface area contributed by atoms with Gasteiger partial charge in [0.1, 0.15) is 0 Å². The normalized spacial score (nSPS) is 14.2. The molecule has 0 saturated heterocycles. The zero-order valence-electron chi connectivity index (χ0n) is 12.1. The van der Waals surface area contributed by atoms with Crippen LogP contribution in [-0.2, 0) is 4.79 Å². The van der Waals surface area contributed by atoms with E-state index >= 15 is 0 Å². The van der Waals surface area contributed by atoms with Gasteiger partial charge in [0.05, 0.1) is 12.6 Å². The minimum Gasteiger partial charge on any atom is -0.392 e. The van der Waals surface area contributed by atoms with Crippen LogP contribution in [0.2, 0.25) is 0 Å². The van der Waals surface area contributed by atoms with Crippen molar-refractivity contribution >= 4 is 5.91 Å². The van der Waals surface area contributed by atoms with Crippen molar-refractivity contribution in [1.29, 1.82) is 0 Å². The molecule has 0 heterocycles. The Kier molecular flexibility index (Phi) is 6.72. The lowest BCUT2D eigenvalue weighted by molar-refractivity contribution is -0.124. The molecule has 17 heavy (non-hydrogen) atoms. The molecule has 0 radical (unpaired) electrons. The highest BCUT2D eigenvalue weighted by atomic mass is 16.3. The number of aliphatic hydroxyl groups excluding tert-OH is 1. The third kappa shape index (κ3) is 7.34. The highest BCUT2D eigenvalue weighted by molar-refractivity contribution is 5.78. The van der Waals surface area contributed by atoms with Gasteiger partial charge in [-0.1, -0.05) is 6.92 Å². The van der Waals surface area contributed by atoms with E-state index in [2.05, 4.69) is 12.2 Å². The van der Waals surface area contributed by atoms with Gasteiger partial charge >= 0.3 is 0 Å². The summed E-state index contributed by atoms with van der Waals surface area (Å²) in [5.41, 5.74) is -0.162. The molecular formula is C13H28N2O2. The fraction of sp³-hybridized carbons (Fsp3) is 0.923. The van der Waals surface area contributed by atoms with Crippen molar-refractivity contribution in [3.05, 3.63) is 0 Å². The van der Waals surface area contributed by atoms with Crippen molar-refractivity contribution in [2.24, 2.45) is 0 Å². The molecule has 102 valence electrons. The Labute approximate surface area is 105 Å². The molecule has 1 atom stereocenters. The summed E-state index contributed by atoms with van der Waals surface area (Å²) in [6.45, 7) is 12.7. The van der Waals surface area contributed by atoms with Crippen LogP contribution >= 0.6 is 0 Å². The zero-order valence-corrected chi connectivity index (χ0v) is 12.1. The molecule has 4 nitrogen and oxygen atoms in total. The summed E-state index contributed by atoms with van der Waals surface area (Å²) in [7, 11) is 0. The molecule has 0 bridgehead atoms. The predicted molar refractivity (Wildman–Crippen MR) is 70.9 cm³/mol. The fourth-order valence-corrected chi connectivity index (χ4v) is 1.49. The van der Waals surface area contributed by atoms with Crippen molar-refractivity contribution < 1.29 is 9.90 Å². The number of rotatable bonds is 7. The van der Waals surface area contributed by atoms with E-state index in [0.29, 0.717) is 13.1 Å². The third-order valence-corrected chi connectivity index (χ3v) is 2.94. The smallest absolute Gasteiger partial charge is 0.234 e. The summed E-state index contributed by atoms with van der Waals surface area (Å²) in [4.78, 5) is 13.9. The van der Waals surface area contributed by atoms with Crippen molar-refractivity contribution in [2.45, 2.75) is 65.6 Å². The summed E-state index contributed by atoms with van der Waals surface area (Å²) >= 11 is 0. The first kappa shape index (κ1) is 16.4. The first-order valence-corrected chi connectivity index (χ1v) is 6.41. The lowest BCUT2D eigenvalue weighted by Gasteiger charge is -2.30. The van der Waals surface area contributed by atoms with Crippen LogP contribution in [0.4, 0.5) is 0 Å².